The van der Waals surface area contributed by atoms with Gasteiger partial charge in [0, 0.05) is 27.5 Å². The van der Waals surface area contributed by atoms with E-state index < -0.39 is 12.3 Å². The van der Waals surface area contributed by atoms with Gasteiger partial charge in [0.05, 0.1) is 17.4 Å². The second-order valence-electron chi connectivity index (χ2n) is 9.21. The van der Waals surface area contributed by atoms with Gasteiger partial charge in [-0.3, -0.25) is 0 Å². The van der Waals surface area contributed by atoms with E-state index in [1.54, 1.807) is 25.3 Å². The second-order valence-corrected chi connectivity index (χ2v) is 12.2. The van der Waals surface area contributed by atoms with Crippen LogP contribution in [0.15, 0.2) is 92.3 Å². The first kappa shape index (κ1) is 26.7. The Labute approximate surface area is 253 Å². The number of carbonyl (C=O) groups is 1. The normalized spacial score (nSPS) is 22.6. The molecule has 0 aliphatic carbocycles. The Morgan fingerprint density at radius 2 is 1.88 bits per heavy atom. The van der Waals surface area contributed by atoms with E-state index in [0.29, 0.717) is 40.2 Å². The molecular formula is C30H21ClN2O7S2. The molecule has 0 saturated heterocycles. The molecule has 12 heteroatoms. The highest BCUT2D eigenvalue weighted by Crippen LogP contribution is 2.42. The number of ether oxygens (including phenoxy) is 6. The Bertz CT molecular complexity index is 1710. The number of methoxy groups -OCH3 is 1. The number of hydrogen-bond acceptors (Lipinski definition) is 11. The second kappa shape index (κ2) is 11.2. The van der Waals surface area contributed by atoms with Crippen LogP contribution in [-0.4, -0.2) is 42.7 Å². The Hall–Kier alpha value is -4.19. The molecule has 3 aromatic rings. The number of rotatable bonds is 7. The topological polar surface area (TPSA) is 97.2 Å². The first-order chi connectivity index (χ1) is 20.5. The van der Waals surface area contributed by atoms with Gasteiger partial charge in [0.2, 0.25) is 18.6 Å². The summed E-state index contributed by atoms with van der Waals surface area (Å²) in [6.07, 6.45) is 5.44. The van der Waals surface area contributed by atoms with E-state index in [0.717, 1.165) is 21.8 Å². The van der Waals surface area contributed by atoms with E-state index >= 15 is 0 Å². The van der Waals surface area contributed by atoms with Crippen LogP contribution in [0.1, 0.15) is 22.4 Å². The van der Waals surface area contributed by atoms with Crippen LogP contribution in [0.5, 0.6) is 23.0 Å². The van der Waals surface area contributed by atoms with Gasteiger partial charge in [-0.05, 0) is 54.3 Å². The summed E-state index contributed by atoms with van der Waals surface area (Å²) in [6, 6.07) is 14.5. The van der Waals surface area contributed by atoms with Gasteiger partial charge in [0.1, 0.15) is 17.2 Å². The van der Waals surface area contributed by atoms with Crippen molar-refractivity contribution in [1.29, 1.82) is 0 Å². The summed E-state index contributed by atoms with van der Waals surface area (Å²) in [7, 11) is 1.61. The molecule has 0 N–H and O–H groups in total. The Morgan fingerprint density at radius 3 is 2.62 bits per heavy atom. The number of cyclic esters (lactones) is 1. The lowest BCUT2D eigenvalue weighted by Gasteiger charge is -2.18. The molecule has 0 saturated carbocycles. The molecule has 0 bridgehead atoms. The number of halogens is 1. The minimum atomic E-state index is -0.934. The summed E-state index contributed by atoms with van der Waals surface area (Å²) >= 11 is 9.34. The summed E-state index contributed by atoms with van der Waals surface area (Å²) in [5, 5.41) is 1.92. The molecule has 1 aromatic heterocycles. The molecule has 7 rings (SSSR count). The van der Waals surface area contributed by atoms with E-state index in [1.807, 2.05) is 53.9 Å². The molecule has 4 aliphatic rings. The third kappa shape index (κ3) is 5.38. The quantitative estimate of drug-likeness (QED) is 0.168. The van der Waals surface area contributed by atoms with Crippen molar-refractivity contribution in [3.63, 3.8) is 0 Å². The van der Waals surface area contributed by atoms with Gasteiger partial charge in [-0.25, -0.2) is 14.8 Å². The number of thiophene rings is 1. The van der Waals surface area contributed by atoms with E-state index in [4.69, 9.17) is 45.0 Å². The molecule has 212 valence electrons. The minimum absolute atomic E-state index is 0.0458. The van der Waals surface area contributed by atoms with Gasteiger partial charge in [0.15, 0.2) is 17.2 Å². The number of allylic oxidation sites excluding steroid dienone is 2. The molecule has 2 unspecified atom stereocenters. The van der Waals surface area contributed by atoms with E-state index in [-0.39, 0.29) is 23.1 Å². The van der Waals surface area contributed by atoms with E-state index in [1.165, 1.54) is 23.1 Å². The minimum Gasteiger partial charge on any atom is -0.497 e. The third-order valence-corrected chi connectivity index (χ3v) is 8.74. The average molecular weight is 621 g/mol. The van der Waals surface area contributed by atoms with Crippen LogP contribution in [0.3, 0.4) is 0 Å². The van der Waals surface area contributed by atoms with Crippen molar-refractivity contribution in [3.8, 4) is 23.0 Å². The van der Waals surface area contributed by atoms with Crippen LogP contribution < -0.4 is 18.9 Å². The maximum absolute atomic E-state index is 12.7. The standard InChI is InChI=1S/C30H21ClN2O7S2/c1-35-17-6-4-16(5-7-17)27-33-22(12-19-8-9-26(31)42-19)30(40-27)38-23-14-25-24(36-15-37-25)13-20(23)28-32-21(29(34)39-28)11-18-3-2-10-41-18/h2-8,10-14,26,30H,9,15H2,1H3/b21-11+,22-12-. The Kier molecular flexibility index (Phi) is 7.14. The fourth-order valence-electron chi connectivity index (χ4n) is 4.44. The summed E-state index contributed by atoms with van der Waals surface area (Å²) in [5.74, 6) is 1.88. The van der Waals surface area contributed by atoms with E-state index in [2.05, 4.69) is 4.99 Å². The fraction of sp³-hybridized carbons (Fsp3) is 0.167. The van der Waals surface area contributed by atoms with Crippen molar-refractivity contribution >= 4 is 58.5 Å². The predicted octanol–water partition coefficient (Wildman–Crippen LogP) is 6.48. The zero-order valence-electron chi connectivity index (χ0n) is 21.9. The number of benzene rings is 2. The van der Waals surface area contributed by atoms with Crippen molar-refractivity contribution in [2.75, 3.05) is 13.9 Å². The number of esters is 1. The highest BCUT2D eigenvalue weighted by atomic mass is 35.5. The first-order valence-corrected chi connectivity index (χ1v) is 15.0. The molecule has 2 atom stereocenters. The fourth-order valence-corrected chi connectivity index (χ4v) is 6.35. The highest BCUT2D eigenvalue weighted by Gasteiger charge is 2.34. The Balaban J connectivity index is 1.24. The summed E-state index contributed by atoms with van der Waals surface area (Å²) in [4.78, 5) is 23.8. The van der Waals surface area contributed by atoms with Gasteiger partial charge in [-0.2, -0.15) is 0 Å². The van der Waals surface area contributed by atoms with Gasteiger partial charge < -0.3 is 28.4 Å². The zero-order chi connectivity index (χ0) is 28.6. The molecule has 0 radical (unpaired) electrons. The van der Waals surface area contributed by atoms with Crippen molar-refractivity contribution in [2.45, 2.75) is 17.4 Å². The molecule has 0 amide bonds. The van der Waals surface area contributed by atoms with Crippen LogP contribution >= 0.6 is 34.7 Å². The van der Waals surface area contributed by atoms with Crippen LogP contribution in [0.25, 0.3) is 6.08 Å². The largest absolute Gasteiger partial charge is 0.497 e. The van der Waals surface area contributed by atoms with Crippen LogP contribution in [0.4, 0.5) is 0 Å². The molecule has 0 spiro atoms. The molecule has 4 aliphatic heterocycles. The van der Waals surface area contributed by atoms with Gasteiger partial charge >= 0.3 is 5.97 Å². The number of fused-ring (bicyclic) bond motifs is 1. The number of alkyl halides is 1. The molecule has 0 fully saturated rings. The van der Waals surface area contributed by atoms with Gasteiger partial charge in [-0.1, -0.05) is 12.1 Å². The lowest BCUT2D eigenvalue weighted by Crippen LogP contribution is -2.21. The maximum Gasteiger partial charge on any atom is 0.363 e. The summed E-state index contributed by atoms with van der Waals surface area (Å²) in [6.45, 7) is 0.0504. The molecule has 2 aromatic carbocycles. The number of hydrogen-bond donors (Lipinski definition) is 0. The van der Waals surface area contributed by atoms with Gasteiger partial charge in [-0.15, -0.1) is 34.7 Å². The molecular weight excluding hydrogens is 600 g/mol. The SMILES string of the molecule is COc1ccc(C2=N/C(=C\C3=CCC(Cl)S3)C(Oc3cc4c(cc3C3=N/C(=C/c5cccs5)C(=O)O3)OCO4)O2)cc1. The van der Waals surface area contributed by atoms with Crippen molar-refractivity contribution < 1.29 is 33.2 Å². The average Bonchev–Trinajstić information content (AvgIpc) is 3.83. The summed E-state index contributed by atoms with van der Waals surface area (Å²) in [5.41, 5.74) is 1.87. The molecule has 9 nitrogen and oxygen atoms in total. The third-order valence-electron chi connectivity index (χ3n) is 6.47. The summed E-state index contributed by atoms with van der Waals surface area (Å²) < 4.78 is 34.7. The smallest absolute Gasteiger partial charge is 0.363 e. The van der Waals surface area contributed by atoms with Crippen molar-refractivity contribution in [3.05, 3.63) is 98.4 Å². The number of carbonyl (C=O) groups excluding carboxylic acids is 1. The molecule has 42 heavy (non-hydrogen) atoms. The predicted molar refractivity (Wildman–Crippen MR) is 161 cm³/mol. The van der Waals surface area contributed by atoms with Crippen molar-refractivity contribution in [1.82, 2.24) is 0 Å². The number of nitrogens with zero attached hydrogens (tertiary/aromatic N) is 2. The number of aliphatic imine (C=N–C) groups is 2. The van der Waals surface area contributed by atoms with Crippen LogP contribution in [0, 0.1) is 0 Å². The lowest BCUT2D eigenvalue weighted by atomic mass is 10.1. The Morgan fingerprint density at radius 1 is 1.05 bits per heavy atom. The van der Waals surface area contributed by atoms with Gasteiger partial charge in [0.25, 0.3) is 6.29 Å². The zero-order valence-corrected chi connectivity index (χ0v) is 24.3. The first-order valence-electron chi connectivity index (χ1n) is 12.8. The monoisotopic (exact) mass is 620 g/mol. The van der Waals surface area contributed by atoms with Crippen LogP contribution in [-0.2, 0) is 14.3 Å². The maximum atomic E-state index is 12.7. The number of thioether (sulfide) groups is 1. The lowest BCUT2D eigenvalue weighted by molar-refractivity contribution is -0.129. The van der Waals surface area contributed by atoms with Crippen LogP contribution in [0.2, 0.25) is 0 Å². The van der Waals surface area contributed by atoms with E-state index in [9.17, 15) is 4.79 Å². The molecule has 5 heterocycles. The highest BCUT2D eigenvalue weighted by molar-refractivity contribution is 8.05. The van der Waals surface area contributed by atoms with Crippen molar-refractivity contribution in [2.24, 2.45) is 9.98 Å².